The molecule has 0 spiro atoms. The second-order valence-electron chi connectivity index (χ2n) is 7.51. The lowest BCUT2D eigenvalue weighted by Gasteiger charge is -2.33. The molecule has 2 fully saturated rings. The summed E-state index contributed by atoms with van der Waals surface area (Å²) in [4.78, 5) is 7.82. The highest BCUT2D eigenvalue weighted by Gasteiger charge is 2.28. The molecular formula is C19H27N3O2. The zero-order valence-corrected chi connectivity index (χ0v) is 14.4. The third-order valence-corrected chi connectivity index (χ3v) is 5.61. The van der Waals surface area contributed by atoms with Crippen molar-refractivity contribution in [1.29, 1.82) is 0 Å². The van der Waals surface area contributed by atoms with E-state index in [1.54, 1.807) is 0 Å². The Morgan fingerprint density at radius 1 is 1.29 bits per heavy atom. The summed E-state index contributed by atoms with van der Waals surface area (Å²) in [6, 6.07) is 2.02. The molecule has 2 aromatic heterocycles. The molecule has 0 aliphatic carbocycles. The molecule has 0 atom stereocenters. The van der Waals surface area contributed by atoms with Crippen molar-refractivity contribution in [3.05, 3.63) is 24.0 Å². The zero-order chi connectivity index (χ0) is 16.4. The number of fused-ring (bicyclic) bond motifs is 1. The molecule has 2 saturated heterocycles. The van der Waals surface area contributed by atoms with Crippen molar-refractivity contribution in [3.8, 4) is 5.75 Å². The highest BCUT2D eigenvalue weighted by atomic mass is 16.5. The number of piperidine rings is 1. The van der Waals surface area contributed by atoms with E-state index >= 15 is 0 Å². The van der Waals surface area contributed by atoms with Crippen LogP contribution in [0.25, 0.3) is 11.0 Å². The molecule has 2 aromatic rings. The largest absolute Gasteiger partial charge is 0.492 e. The van der Waals surface area contributed by atoms with Crippen LogP contribution in [-0.2, 0) is 4.74 Å². The lowest BCUT2D eigenvalue weighted by molar-refractivity contribution is 0.0855. The molecule has 0 radical (unpaired) electrons. The molecule has 2 N–H and O–H groups in total. The Hall–Kier alpha value is -1.59. The first-order valence-corrected chi connectivity index (χ1v) is 9.12. The Morgan fingerprint density at radius 3 is 2.88 bits per heavy atom. The minimum Gasteiger partial charge on any atom is -0.492 e. The Labute approximate surface area is 143 Å². The van der Waals surface area contributed by atoms with E-state index in [1.807, 2.05) is 12.3 Å². The minimum absolute atomic E-state index is 0.260. The normalized spacial score (nSPS) is 21.9. The standard InChI is InChI=1S/C19H27N3O2/c1-19(5-8-20-9-6-19)13-24-16-2-7-21-18-17(16)15(12-22-18)14-3-10-23-11-4-14/h2,7,12,14,20H,3-6,8-11,13H2,1H3,(H,21,22). The predicted octanol–water partition coefficient (Wildman–Crippen LogP) is 3.23. The van der Waals surface area contributed by atoms with Gasteiger partial charge in [-0.1, -0.05) is 6.92 Å². The highest BCUT2D eigenvalue weighted by molar-refractivity contribution is 5.86. The van der Waals surface area contributed by atoms with E-state index in [9.17, 15) is 0 Å². The van der Waals surface area contributed by atoms with Gasteiger partial charge in [-0.05, 0) is 56.3 Å². The van der Waals surface area contributed by atoms with Crippen LogP contribution in [0.4, 0.5) is 0 Å². The highest BCUT2D eigenvalue weighted by Crippen LogP contribution is 2.37. The number of nitrogens with zero attached hydrogens (tertiary/aromatic N) is 1. The minimum atomic E-state index is 0.260. The van der Waals surface area contributed by atoms with Crippen molar-refractivity contribution < 1.29 is 9.47 Å². The summed E-state index contributed by atoms with van der Waals surface area (Å²) < 4.78 is 11.8. The van der Waals surface area contributed by atoms with E-state index < -0.39 is 0 Å². The molecule has 0 saturated carbocycles. The van der Waals surface area contributed by atoms with E-state index in [1.165, 1.54) is 23.8 Å². The maximum absolute atomic E-state index is 6.33. The van der Waals surface area contributed by atoms with Gasteiger partial charge in [-0.25, -0.2) is 4.98 Å². The molecule has 5 heteroatoms. The SMILES string of the molecule is CC1(COc2ccnc3[nH]cc(C4CCOCC4)c23)CCNCC1. The molecule has 0 aromatic carbocycles. The van der Waals surface area contributed by atoms with Gasteiger partial charge >= 0.3 is 0 Å². The topological polar surface area (TPSA) is 59.2 Å². The third kappa shape index (κ3) is 3.15. The molecule has 4 rings (SSSR count). The monoisotopic (exact) mass is 329 g/mol. The van der Waals surface area contributed by atoms with Crippen LogP contribution in [-0.4, -0.2) is 42.9 Å². The van der Waals surface area contributed by atoms with Crippen LogP contribution < -0.4 is 10.1 Å². The fourth-order valence-corrected chi connectivity index (χ4v) is 3.93. The number of ether oxygens (including phenoxy) is 2. The van der Waals surface area contributed by atoms with Crippen LogP contribution >= 0.6 is 0 Å². The van der Waals surface area contributed by atoms with Gasteiger partial charge in [0.25, 0.3) is 0 Å². The Morgan fingerprint density at radius 2 is 2.08 bits per heavy atom. The first kappa shape index (κ1) is 15.9. The fraction of sp³-hybridized carbons (Fsp3) is 0.632. The first-order chi connectivity index (χ1) is 11.8. The molecule has 0 bridgehead atoms. The molecule has 4 heterocycles. The number of hydrogen-bond donors (Lipinski definition) is 2. The molecule has 5 nitrogen and oxygen atoms in total. The number of nitrogens with one attached hydrogen (secondary N) is 2. The number of aromatic nitrogens is 2. The van der Waals surface area contributed by atoms with Crippen molar-refractivity contribution in [2.45, 2.75) is 38.5 Å². The number of hydrogen-bond acceptors (Lipinski definition) is 4. The summed E-state index contributed by atoms with van der Waals surface area (Å²) >= 11 is 0. The second-order valence-corrected chi connectivity index (χ2v) is 7.51. The van der Waals surface area contributed by atoms with Gasteiger partial charge in [0.1, 0.15) is 11.4 Å². The van der Waals surface area contributed by atoms with Crippen molar-refractivity contribution in [2.75, 3.05) is 32.9 Å². The van der Waals surface area contributed by atoms with Crippen LogP contribution in [0.3, 0.4) is 0 Å². The lowest BCUT2D eigenvalue weighted by Crippen LogP contribution is -2.38. The van der Waals surface area contributed by atoms with Crippen LogP contribution in [0, 0.1) is 5.41 Å². The van der Waals surface area contributed by atoms with Gasteiger partial charge in [-0.15, -0.1) is 0 Å². The van der Waals surface area contributed by atoms with Gasteiger partial charge in [0.15, 0.2) is 0 Å². The van der Waals surface area contributed by atoms with E-state index in [-0.39, 0.29) is 5.41 Å². The second kappa shape index (κ2) is 6.73. The van der Waals surface area contributed by atoms with E-state index in [0.717, 1.165) is 57.1 Å². The van der Waals surface area contributed by atoms with E-state index in [0.29, 0.717) is 5.92 Å². The first-order valence-electron chi connectivity index (χ1n) is 9.12. The van der Waals surface area contributed by atoms with Gasteiger partial charge < -0.3 is 19.8 Å². The van der Waals surface area contributed by atoms with E-state index in [4.69, 9.17) is 9.47 Å². The van der Waals surface area contributed by atoms with Crippen molar-refractivity contribution >= 4 is 11.0 Å². The Balaban J connectivity index is 1.59. The zero-order valence-electron chi connectivity index (χ0n) is 14.4. The van der Waals surface area contributed by atoms with Crippen LogP contribution in [0.15, 0.2) is 18.5 Å². The van der Waals surface area contributed by atoms with Gasteiger partial charge in [-0.2, -0.15) is 0 Å². The van der Waals surface area contributed by atoms with Gasteiger partial charge in [0.05, 0.1) is 12.0 Å². The fourth-order valence-electron chi connectivity index (χ4n) is 3.93. The molecule has 24 heavy (non-hydrogen) atoms. The van der Waals surface area contributed by atoms with Crippen LogP contribution in [0.1, 0.15) is 44.1 Å². The summed E-state index contributed by atoms with van der Waals surface area (Å²) in [6.45, 7) is 6.97. The van der Waals surface area contributed by atoms with E-state index in [2.05, 4.69) is 28.4 Å². The predicted molar refractivity (Wildman–Crippen MR) is 94.6 cm³/mol. The lowest BCUT2D eigenvalue weighted by atomic mass is 9.82. The van der Waals surface area contributed by atoms with Crippen LogP contribution in [0.5, 0.6) is 5.75 Å². The maximum atomic E-state index is 6.33. The molecular weight excluding hydrogens is 302 g/mol. The summed E-state index contributed by atoms with van der Waals surface area (Å²) in [7, 11) is 0. The average Bonchev–Trinajstić information content (AvgIpc) is 3.06. The maximum Gasteiger partial charge on any atom is 0.141 e. The van der Waals surface area contributed by atoms with Crippen molar-refractivity contribution in [1.82, 2.24) is 15.3 Å². The molecule has 0 amide bonds. The summed E-state index contributed by atoms with van der Waals surface area (Å²) in [5.74, 6) is 1.51. The van der Waals surface area contributed by atoms with Gasteiger partial charge in [0.2, 0.25) is 0 Å². The average molecular weight is 329 g/mol. The summed E-state index contributed by atoms with van der Waals surface area (Å²) in [5, 5.41) is 4.60. The quantitative estimate of drug-likeness (QED) is 0.904. The smallest absolute Gasteiger partial charge is 0.141 e. The summed E-state index contributed by atoms with van der Waals surface area (Å²) in [5.41, 5.74) is 2.53. The molecule has 2 aliphatic heterocycles. The molecule has 130 valence electrons. The number of rotatable bonds is 4. The molecule has 2 aliphatic rings. The molecule has 0 unspecified atom stereocenters. The summed E-state index contributed by atoms with van der Waals surface area (Å²) in [6.07, 6.45) is 8.44. The number of aromatic amines is 1. The van der Waals surface area contributed by atoms with Crippen LogP contribution in [0.2, 0.25) is 0 Å². The Bertz CT molecular complexity index is 685. The van der Waals surface area contributed by atoms with Gasteiger partial charge in [-0.3, -0.25) is 0 Å². The van der Waals surface area contributed by atoms with Gasteiger partial charge in [0, 0.05) is 31.0 Å². The number of pyridine rings is 1. The number of H-pyrrole nitrogens is 1. The van der Waals surface area contributed by atoms with Crippen molar-refractivity contribution in [3.63, 3.8) is 0 Å². The van der Waals surface area contributed by atoms with Crippen molar-refractivity contribution in [2.24, 2.45) is 5.41 Å². The Kier molecular flexibility index (Phi) is 4.46. The third-order valence-electron chi connectivity index (χ3n) is 5.61.